The second-order valence-corrected chi connectivity index (χ2v) is 15.2. The molecule has 0 aliphatic rings. The van der Waals surface area contributed by atoms with Crippen LogP contribution in [-0.4, -0.2) is 76.9 Å². The van der Waals surface area contributed by atoms with Crippen LogP contribution < -0.4 is 5.11 Å². The second kappa shape index (κ2) is 39.9. The van der Waals surface area contributed by atoms with Crippen LogP contribution in [0.3, 0.4) is 0 Å². The molecule has 0 amide bonds. The van der Waals surface area contributed by atoms with Gasteiger partial charge in [-0.2, -0.15) is 7.11 Å². The van der Waals surface area contributed by atoms with E-state index in [1.807, 2.05) is 0 Å². The molecule has 0 rings (SSSR count). The highest BCUT2D eigenvalue weighted by Gasteiger charge is 2.06. The summed E-state index contributed by atoms with van der Waals surface area (Å²) < 4.78 is 2.25. The van der Waals surface area contributed by atoms with Crippen molar-refractivity contribution in [1.82, 2.24) is 0 Å². The molecule has 0 atom stereocenters. The Morgan fingerprint density at radius 1 is 0.279 bits per heavy atom. The lowest BCUT2D eigenvalue weighted by Crippen LogP contribution is -2.35. The third kappa shape index (κ3) is 58.0. The molecule has 4 heteroatoms. The lowest BCUT2D eigenvalue weighted by atomic mass is 10.0. The summed E-state index contributed by atoms with van der Waals surface area (Å²) in [7, 11) is 14.5. The monoisotopic (exact) mass is 617 g/mol. The van der Waals surface area contributed by atoms with Crippen molar-refractivity contribution in [3.05, 3.63) is 0 Å². The first kappa shape index (κ1) is 49.7. The summed E-state index contributed by atoms with van der Waals surface area (Å²) in [5, 5.41) is 8.25. The highest BCUT2D eigenvalue weighted by atomic mass is 16.2. The molecule has 0 bridgehead atoms. The maximum atomic E-state index is 8.25. The Labute approximate surface area is 275 Å². The average molecular weight is 617 g/mol. The van der Waals surface area contributed by atoms with Crippen LogP contribution in [0.4, 0.5) is 0 Å². The van der Waals surface area contributed by atoms with Crippen LogP contribution in [0.25, 0.3) is 0 Å². The minimum atomic E-state index is 0. The van der Waals surface area contributed by atoms with E-state index in [0.717, 1.165) is 16.1 Å². The van der Waals surface area contributed by atoms with Crippen molar-refractivity contribution in [3.8, 4) is 0 Å². The van der Waals surface area contributed by atoms with Crippen LogP contribution in [0.5, 0.6) is 0 Å². The molecule has 4 nitrogen and oxygen atoms in total. The maximum Gasteiger partial charge on any atom is 0.0780 e. The number of quaternary nitrogens is 2. The largest absolute Gasteiger partial charge is 0.870 e. The highest BCUT2D eigenvalue weighted by molar-refractivity contribution is 4.50. The van der Waals surface area contributed by atoms with Gasteiger partial charge in [-0.3, -0.25) is 0 Å². The molecule has 1 N–H and O–H groups in total. The van der Waals surface area contributed by atoms with Gasteiger partial charge in [0.1, 0.15) is 0 Å². The predicted molar refractivity (Wildman–Crippen MR) is 194 cm³/mol. The van der Waals surface area contributed by atoms with E-state index in [9.17, 15) is 0 Å². The van der Waals surface area contributed by atoms with Gasteiger partial charge in [0.2, 0.25) is 0 Å². The molecule has 0 heterocycles. The van der Waals surface area contributed by atoms with Crippen LogP contribution in [-0.2, 0) is 0 Å². The minimum absolute atomic E-state index is 0. The Hall–Kier alpha value is -0.160. The SMILES string of the molecule is CCCCCCCCCCCCCCCC[N+](C)(C)C.CCCCCCCCCCCCCCCC[N+](C)(C)C.C[O-].[OH-]. The van der Waals surface area contributed by atoms with Gasteiger partial charge in [0.15, 0.2) is 0 Å². The molecule has 0 saturated carbocycles. The normalized spacial score (nSPS) is 11.3. The average Bonchev–Trinajstić information content (AvgIpc) is 2.94. The molecule has 0 saturated heterocycles. The van der Waals surface area contributed by atoms with E-state index in [2.05, 4.69) is 56.1 Å². The lowest BCUT2D eigenvalue weighted by Gasteiger charge is -2.23. The van der Waals surface area contributed by atoms with Crippen molar-refractivity contribution in [3.63, 3.8) is 0 Å². The van der Waals surface area contributed by atoms with Crippen LogP contribution in [0.2, 0.25) is 0 Å². The third-order valence-corrected chi connectivity index (χ3v) is 8.36. The highest BCUT2D eigenvalue weighted by Crippen LogP contribution is 2.14. The van der Waals surface area contributed by atoms with Crippen molar-refractivity contribution in [1.29, 1.82) is 0 Å². The molecule has 0 spiro atoms. The fourth-order valence-electron chi connectivity index (χ4n) is 5.56. The summed E-state index contributed by atoms with van der Waals surface area (Å²) in [6.07, 6.45) is 40.7. The third-order valence-electron chi connectivity index (χ3n) is 8.36. The molecular formula is C39H88N2O2. The zero-order valence-corrected chi connectivity index (χ0v) is 32.0. The van der Waals surface area contributed by atoms with E-state index < -0.39 is 0 Å². The number of hydrogen-bond acceptors (Lipinski definition) is 2. The Bertz CT molecular complexity index is 415. The molecule has 0 fully saturated rings. The van der Waals surface area contributed by atoms with Crippen molar-refractivity contribution in [2.45, 2.75) is 194 Å². The number of unbranched alkanes of at least 4 members (excludes halogenated alkanes) is 26. The van der Waals surface area contributed by atoms with Gasteiger partial charge in [-0.25, -0.2) is 0 Å². The second-order valence-electron chi connectivity index (χ2n) is 15.2. The quantitative estimate of drug-likeness (QED) is 0.0595. The number of rotatable bonds is 30. The van der Waals surface area contributed by atoms with Gasteiger partial charge in [0.25, 0.3) is 0 Å². The molecule has 0 aromatic rings. The summed E-state index contributed by atoms with van der Waals surface area (Å²) in [5.74, 6) is 0. The predicted octanol–water partition coefficient (Wildman–Crippen LogP) is 11.1. The molecular weight excluding hydrogens is 528 g/mol. The number of hydrogen-bond donors (Lipinski definition) is 0. The summed E-state index contributed by atoms with van der Waals surface area (Å²) >= 11 is 0. The first-order valence-corrected chi connectivity index (χ1v) is 19.1. The fraction of sp³-hybridized carbons (Fsp3) is 1.00. The standard InChI is InChI=1S/2C19H42N.CH3O.H2O/c2*1-5-6-7-8-9-10-11-12-13-14-15-16-17-18-19-20(2,3)4;1-2;/h2*5-19H2,1-4H3;1H3;1H2/q2*+1;-1;/p-1. The molecule has 0 unspecified atom stereocenters. The van der Waals surface area contributed by atoms with E-state index in [4.69, 9.17) is 5.11 Å². The van der Waals surface area contributed by atoms with Crippen molar-refractivity contribution in [2.24, 2.45) is 0 Å². The molecule has 0 radical (unpaired) electrons. The smallest absolute Gasteiger partial charge is 0.0780 e. The summed E-state index contributed by atoms with van der Waals surface area (Å²) in [6.45, 7) is 7.25. The zero-order chi connectivity index (χ0) is 32.2. The van der Waals surface area contributed by atoms with Crippen LogP contribution in [0.15, 0.2) is 0 Å². The summed E-state index contributed by atoms with van der Waals surface area (Å²) in [4.78, 5) is 0. The van der Waals surface area contributed by atoms with E-state index in [0.29, 0.717) is 0 Å². The van der Waals surface area contributed by atoms with Crippen molar-refractivity contribution in [2.75, 3.05) is 62.5 Å². The molecule has 0 aliphatic carbocycles. The molecule has 0 aromatic carbocycles. The van der Waals surface area contributed by atoms with Gasteiger partial charge in [-0.15, -0.1) is 0 Å². The first-order chi connectivity index (χ1) is 20.1. The Morgan fingerprint density at radius 3 is 0.558 bits per heavy atom. The summed E-state index contributed by atoms with van der Waals surface area (Å²) in [5.41, 5.74) is 0. The topological polar surface area (TPSA) is 53.1 Å². The minimum Gasteiger partial charge on any atom is -0.870 e. The van der Waals surface area contributed by atoms with E-state index in [1.54, 1.807) is 0 Å². The molecule has 266 valence electrons. The first-order valence-electron chi connectivity index (χ1n) is 19.1. The van der Waals surface area contributed by atoms with Crippen LogP contribution >= 0.6 is 0 Å². The van der Waals surface area contributed by atoms with Gasteiger partial charge in [0.05, 0.1) is 55.4 Å². The van der Waals surface area contributed by atoms with E-state index in [-0.39, 0.29) is 5.48 Å². The van der Waals surface area contributed by atoms with Gasteiger partial charge < -0.3 is 19.5 Å². The Morgan fingerprint density at radius 2 is 0.419 bits per heavy atom. The molecule has 0 aromatic heterocycles. The van der Waals surface area contributed by atoms with Gasteiger partial charge in [-0.05, 0) is 25.7 Å². The van der Waals surface area contributed by atoms with E-state index >= 15 is 0 Å². The van der Waals surface area contributed by atoms with Gasteiger partial charge in [-0.1, -0.05) is 168 Å². The number of nitrogens with zero attached hydrogens (tertiary/aromatic N) is 2. The Balaban J connectivity index is -0.000000327. The molecule has 0 aliphatic heterocycles. The fourth-order valence-corrected chi connectivity index (χ4v) is 5.56. The van der Waals surface area contributed by atoms with Crippen LogP contribution in [0, 0.1) is 0 Å². The lowest BCUT2D eigenvalue weighted by molar-refractivity contribution is -0.870. The van der Waals surface area contributed by atoms with Crippen molar-refractivity contribution < 1.29 is 19.5 Å². The van der Waals surface area contributed by atoms with E-state index in [1.165, 1.54) is 193 Å². The van der Waals surface area contributed by atoms with Crippen molar-refractivity contribution >= 4 is 0 Å². The zero-order valence-electron chi connectivity index (χ0n) is 32.0. The maximum absolute atomic E-state index is 8.25. The molecule has 43 heavy (non-hydrogen) atoms. The van der Waals surface area contributed by atoms with Gasteiger partial charge >= 0.3 is 0 Å². The van der Waals surface area contributed by atoms with Gasteiger partial charge in [0, 0.05) is 0 Å². The van der Waals surface area contributed by atoms with Crippen LogP contribution in [0.1, 0.15) is 194 Å². The summed E-state index contributed by atoms with van der Waals surface area (Å²) in [6, 6.07) is 0. The Kier molecular flexibility index (Phi) is 46.1.